The van der Waals surface area contributed by atoms with Crippen LogP contribution in [0.2, 0.25) is 0 Å². The number of aliphatic hydroxyl groups excluding tert-OH is 2. The van der Waals surface area contributed by atoms with Gasteiger partial charge < -0.3 is 15.5 Å². The molecule has 0 saturated heterocycles. The molecule has 0 aliphatic rings. The van der Waals surface area contributed by atoms with Gasteiger partial charge in [-0.2, -0.15) is 0 Å². The molecule has 0 aliphatic carbocycles. The zero-order valence-electron chi connectivity index (χ0n) is 8.25. The lowest BCUT2D eigenvalue weighted by Gasteiger charge is -2.21. The van der Waals surface area contributed by atoms with Gasteiger partial charge in [-0.3, -0.25) is 0 Å². The van der Waals surface area contributed by atoms with E-state index in [1.54, 1.807) is 0 Å². The molecule has 3 atom stereocenters. The molecule has 0 amide bonds. The highest BCUT2D eigenvalue weighted by molar-refractivity contribution is 4.69. The zero-order chi connectivity index (χ0) is 9.56. The molecule has 0 saturated carbocycles. The molecular weight excluding hydrogens is 154 g/mol. The first-order chi connectivity index (χ1) is 5.61. The van der Waals surface area contributed by atoms with Gasteiger partial charge in [-0.15, -0.1) is 0 Å². The molecule has 0 aromatic carbocycles. The van der Waals surface area contributed by atoms with Crippen molar-refractivity contribution in [3.8, 4) is 0 Å². The average molecular weight is 175 g/mol. The van der Waals surface area contributed by atoms with Crippen molar-refractivity contribution in [3.05, 3.63) is 0 Å². The van der Waals surface area contributed by atoms with Crippen LogP contribution in [-0.4, -0.2) is 35.5 Å². The highest BCUT2D eigenvalue weighted by Crippen LogP contribution is 2.05. The predicted octanol–water partition coefficient (Wildman–Crippen LogP) is 0.364. The standard InChI is InChI=1S/C9H21NO2/c1-4-7(2)8(3)10-5-9(12)6-11/h7-12H,4-6H2,1-3H3/t7?,8?,9-/m0/s1. The van der Waals surface area contributed by atoms with Gasteiger partial charge in [-0.05, 0) is 12.8 Å². The lowest BCUT2D eigenvalue weighted by atomic mass is 10.0. The summed E-state index contributed by atoms with van der Waals surface area (Å²) < 4.78 is 0. The molecule has 12 heavy (non-hydrogen) atoms. The van der Waals surface area contributed by atoms with Crippen LogP contribution in [0.25, 0.3) is 0 Å². The fraction of sp³-hybridized carbons (Fsp3) is 1.00. The summed E-state index contributed by atoms with van der Waals surface area (Å²) in [6, 6.07) is 0.399. The molecule has 0 aromatic heterocycles. The van der Waals surface area contributed by atoms with Crippen molar-refractivity contribution in [2.45, 2.75) is 39.3 Å². The third-order valence-corrected chi connectivity index (χ3v) is 2.38. The average Bonchev–Trinajstić information content (AvgIpc) is 2.11. The van der Waals surface area contributed by atoms with Gasteiger partial charge in [0.05, 0.1) is 12.7 Å². The van der Waals surface area contributed by atoms with Crippen LogP contribution in [0.4, 0.5) is 0 Å². The summed E-state index contributed by atoms with van der Waals surface area (Å²) in [5.74, 6) is 0.607. The van der Waals surface area contributed by atoms with E-state index in [0.717, 1.165) is 6.42 Å². The molecule has 0 aromatic rings. The number of nitrogens with one attached hydrogen (secondary N) is 1. The summed E-state index contributed by atoms with van der Waals surface area (Å²) in [5.41, 5.74) is 0. The van der Waals surface area contributed by atoms with Gasteiger partial charge in [0, 0.05) is 12.6 Å². The minimum absolute atomic E-state index is 0.166. The maximum Gasteiger partial charge on any atom is 0.0895 e. The Morgan fingerprint density at radius 2 is 1.92 bits per heavy atom. The highest BCUT2D eigenvalue weighted by atomic mass is 16.3. The third kappa shape index (κ3) is 4.70. The Kier molecular flexibility index (Phi) is 6.34. The first-order valence-corrected chi connectivity index (χ1v) is 4.64. The van der Waals surface area contributed by atoms with Gasteiger partial charge in [0.2, 0.25) is 0 Å². The molecule has 0 fully saturated rings. The molecular formula is C9H21NO2. The highest BCUT2D eigenvalue weighted by Gasteiger charge is 2.10. The summed E-state index contributed by atoms with van der Waals surface area (Å²) in [6.07, 6.45) is 0.500. The second-order valence-corrected chi connectivity index (χ2v) is 3.42. The van der Waals surface area contributed by atoms with Gasteiger partial charge in [0.1, 0.15) is 0 Å². The van der Waals surface area contributed by atoms with Gasteiger partial charge in [0.25, 0.3) is 0 Å². The van der Waals surface area contributed by atoms with Crippen LogP contribution >= 0.6 is 0 Å². The van der Waals surface area contributed by atoms with Crippen molar-refractivity contribution >= 4 is 0 Å². The number of rotatable bonds is 6. The molecule has 3 nitrogen and oxygen atoms in total. The minimum Gasteiger partial charge on any atom is -0.394 e. The minimum atomic E-state index is -0.628. The Bertz CT molecular complexity index is 109. The summed E-state index contributed by atoms with van der Waals surface area (Å²) in [6.45, 7) is 6.72. The lowest BCUT2D eigenvalue weighted by molar-refractivity contribution is 0.0905. The van der Waals surface area contributed by atoms with E-state index in [4.69, 9.17) is 10.2 Å². The van der Waals surface area contributed by atoms with E-state index in [1.165, 1.54) is 0 Å². The Hall–Kier alpha value is -0.120. The van der Waals surface area contributed by atoms with Crippen molar-refractivity contribution < 1.29 is 10.2 Å². The smallest absolute Gasteiger partial charge is 0.0895 e. The molecule has 0 spiro atoms. The Morgan fingerprint density at radius 1 is 1.33 bits per heavy atom. The van der Waals surface area contributed by atoms with E-state index >= 15 is 0 Å². The van der Waals surface area contributed by atoms with Crippen LogP contribution in [0.3, 0.4) is 0 Å². The van der Waals surface area contributed by atoms with Crippen LogP contribution in [0.5, 0.6) is 0 Å². The SMILES string of the molecule is CCC(C)C(C)NC[C@H](O)CO. The fourth-order valence-corrected chi connectivity index (χ4v) is 0.941. The molecule has 74 valence electrons. The summed E-state index contributed by atoms with van der Waals surface area (Å²) in [5, 5.41) is 20.8. The normalized spacial score (nSPS) is 18.8. The maximum absolute atomic E-state index is 9.05. The first-order valence-electron chi connectivity index (χ1n) is 4.64. The van der Waals surface area contributed by atoms with Crippen molar-refractivity contribution in [1.29, 1.82) is 0 Å². The molecule has 0 rings (SSSR count). The Morgan fingerprint density at radius 3 is 2.33 bits per heavy atom. The summed E-state index contributed by atoms with van der Waals surface area (Å²) in [7, 11) is 0. The van der Waals surface area contributed by atoms with Crippen LogP contribution in [0, 0.1) is 5.92 Å². The second kappa shape index (κ2) is 6.40. The maximum atomic E-state index is 9.05. The third-order valence-electron chi connectivity index (χ3n) is 2.38. The fourth-order valence-electron chi connectivity index (χ4n) is 0.941. The quantitative estimate of drug-likeness (QED) is 0.546. The molecule has 3 heteroatoms. The van der Waals surface area contributed by atoms with Crippen LogP contribution in [0.1, 0.15) is 27.2 Å². The van der Waals surface area contributed by atoms with E-state index in [9.17, 15) is 0 Å². The van der Waals surface area contributed by atoms with E-state index in [0.29, 0.717) is 18.5 Å². The van der Waals surface area contributed by atoms with Crippen LogP contribution in [0.15, 0.2) is 0 Å². The van der Waals surface area contributed by atoms with Crippen molar-refractivity contribution in [2.75, 3.05) is 13.2 Å². The molecule has 0 aliphatic heterocycles. The lowest BCUT2D eigenvalue weighted by Crippen LogP contribution is -2.38. The predicted molar refractivity (Wildman–Crippen MR) is 50.0 cm³/mol. The largest absolute Gasteiger partial charge is 0.394 e. The van der Waals surface area contributed by atoms with Crippen molar-refractivity contribution in [3.63, 3.8) is 0 Å². The van der Waals surface area contributed by atoms with Gasteiger partial charge in [-0.25, -0.2) is 0 Å². The van der Waals surface area contributed by atoms with E-state index in [2.05, 4.69) is 26.1 Å². The van der Waals surface area contributed by atoms with Gasteiger partial charge in [0.15, 0.2) is 0 Å². The number of hydrogen-bond donors (Lipinski definition) is 3. The second-order valence-electron chi connectivity index (χ2n) is 3.42. The number of hydrogen-bond acceptors (Lipinski definition) is 3. The van der Waals surface area contributed by atoms with Crippen LogP contribution < -0.4 is 5.32 Å². The topological polar surface area (TPSA) is 52.5 Å². The number of aliphatic hydroxyl groups is 2. The molecule has 2 unspecified atom stereocenters. The van der Waals surface area contributed by atoms with Gasteiger partial charge >= 0.3 is 0 Å². The Labute approximate surface area is 74.8 Å². The van der Waals surface area contributed by atoms with E-state index in [1.807, 2.05) is 0 Å². The van der Waals surface area contributed by atoms with Crippen LogP contribution in [-0.2, 0) is 0 Å². The zero-order valence-corrected chi connectivity index (χ0v) is 8.25. The molecule has 0 heterocycles. The molecule has 3 N–H and O–H groups in total. The Balaban J connectivity index is 3.49. The van der Waals surface area contributed by atoms with Crippen molar-refractivity contribution in [1.82, 2.24) is 5.32 Å². The summed E-state index contributed by atoms with van der Waals surface area (Å²) in [4.78, 5) is 0. The molecule has 0 radical (unpaired) electrons. The van der Waals surface area contributed by atoms with Gasteiger partial charge in [-0.1, -0.05) is 20.3 Å². The van der Waals surface area contributed by atoms with E-state index < -0.39 is 6.10 Å². The molecule has 0 bridgehead atoms. The van der Waals surface area contributed by atoms with E-state index in [-0.39, 0.29) is 6.61 Å². The summed E-state index contributed by atoms with van der Waals surface area (Å²) >= 11 is 0. The monoisotopic (exact) mass is 175 g/mol. The van der Waals surface area contributed by atoms with Crippen molar-refractivity contribution in [2.24, 2.45) is 5.92 Å². The first kappa shape index (κ1) is 11.9.